The van der Waals surface area contributed by atoms with E-state index in [0.717, 1.165) is 4.90 Å². The molecule has 11 heteroatoms. The van der Waals surface area contributed by atoms with Crippen molar-refractivity contribution in [3.63, 3.8) is 0 Å². The Morgan fingerprint density at radius 1 is 0.912 bits per heavy atom. The number of para-hydroxylation sites is 3. The highest BCUT2D eigenvalue weighted by molar-refractivity contribution is 6.53. The summed E-state index contributed by atoms with van der Waals surface area (Å²) in [6.07, 6.45) is 0. The topological polar surface area (TPSA) is 119 Å². The molecule has 0 saturated heterocycles. The Balaban J connectivity index is 1.50. The third-order valence-corrected chi connectivity index (χ3v) is 5.45. The maximum Gasteiger partial charge on any atom is 0.343 e. The first-order valence-electron chi connectivity index (χ1n) is 9.63. The van der Waals surface area contributed by atoms with Crippen LogP contribution in [0.15, 0.2) is 83.5 Å². The Kier molecular flexibility index (Phi) is 6.31. The van der Waals surface area contributed by atoms with Gasteiger partial charge in [-0.25, -0.2) is 9.69 Å². The molecule has 3 aromatic carbocycles. The molecule has 0 atom stereocenters. The maximum atomic E-state index is 12.9. The van der Waals surface area contributed by atoms with Crippen LogP contribution in [0, 0.1) is 10.1 Å². The summed E-state index contributed by atoms with van der Waals surface area (Å²) in [7, 11) is 0. The highest BCUT2D eigenvalue weighted by Gasteiger charge is 2.39. The van der Waals surface area contributed by atoms with E-state index in [1.165, 1.54) is 54.6 Å². The van der Waals surface area contributed by atoms with Gasteiger partial charge in [-0.2, -0.15) is 0 Å². The molecule has 0 unspecified atom stereocenters. The molecule has 34 heavy (non-hydrogen) atoms. The number of amides is 2. The number of carbonyl (C=O) groups is 3. The number of halogens is 2. The van der Waals surface area contributed by atoms with Crippen LogP contribution >= 0.6 is 23.2 Å². The number of nitrogens with one attached hydrogen (secondary N) is 1. The van der Waals surface area contributed by atoms with Crippen LogP contribution in [0.1, 0.15) is 10.4 Å². The number of nitro groups is 1. The van der Waals surface area contributed by atoms with Crippen molar-refractivity contribution in [2.24, 2.45) is 0 Å². The number of nitro benzene ring substituents is 1. The lowest BCUT2D eigenvalue weighted by Crippen LogP contribution is -2.32. The first-order valence-corrected chi connectivity index (χ1v) is 10.4. The van der Waals surface area contributed by atoms with Crippen LogP contribution in [0.2, 0.25) is 5.02 Å². The van der Waals surface area contributed by atoms with Crippen molar-refractivity contribution in [3.8, 4) is 5.75 Å². The molecular formula is C23H13Cl2N3O6. The largest absolute Gasteiger partial charge is 0.416 e. The van der Waals surface area contributed by atoms with Gasteiger partial charge in [0, 0.05) is 11.8 Å². The van der Waals surface area contributed by atoms with Crippen molar-refractivity contribution in [2.45, 2.75) is 0 Å². The van der Waals surface area contributed by atoms with Gasteiger partial charge >= 0.3 is 11.7 Å². The molecule has 0 saturated carbocycles. The minimum absolute atomic E-state index is 0.107. The van der Waals surface area contributed by atoms with Crippen molar-refractivity contribution in [3.05, 3.63) is 104 Å². The molecule has 1 N–H and O–H groups in total. The Bertz CT molecular complexity index is 1370. The summed E-state index contributed by atoms with van der Waals surface area (Å²) in [5, 5.41) is 13.8. The smallest absolute Gasteiger partial charge is 0.343 e. The fraction of sp³-hybridized carbons (Fsp3) is 0. The molecule has 1 aliphatic rings. The maximum absolute atomic E-state index is 12.9. The molecule has 0 spiro atoms. The Morgan fingerprint density at radius 2 is 1.56 bits per heavy atom. The van der Waals surface area contributed by atoms with Gasteiger partial charge in [0.25, 0.3) is 11.8 Å². The van der Waals surface area contributed by atoms with Crippen LogP contribution < -0.4 is 15.0 Å². The molecule has 0 radical (unpaired) electrons. The number of benzene rings is 3. The number of anilines is 2. The second-order valence-electron chi connectivity index (χ2n) is 6.90. The third kappa shape index (κ3) is 4.34. The van der Waals surface area contributed by atoms with Crippen LogP contribution in [0.5, 0.6) is 5.75 Å². The zero-order valence-corrected chi connectivity index (χ0v) is 18.5. The van der Waals surface area contributed by atoms with Crippen LogP contribution in [0.25, 0.3) is 0 Å². The lowest BCUT2D eigenvalue weighted by atomic mass is 10.2. The summed E-state index contributed by atoms with van der Waals surface area (Å²) in [6, 6.07) is 17.5. The van der Waals surface area contributed by atoms with Crippen molar-refractivity contribution in [2.75, 3.05) is 10.2 Å². The Hall–Kier alpha value is -4.21. The highest BCUT2D eigenvalue weighted by Crippen LogP contribution is 2.34. The molecule has 0 aromatic heterocycles. The molecule has 2 amide bonds. The van der Waals surface area contributed by atoms with Crippen LogP contribution in [0.3, 0.4) is 0 Å². The van der Waals surface area contributed by atoms with Crippen LogP contribution in [-0.2, 0) is 9.59 Å². The van der Waals surface area contributed by atoms with Gasteiger partial charge in [-0.1, -0.05) is 47.5 Å². The van der Waals surface area contributed by atoms with E-state index in [-0.39, 0.29) is 38.4 Å². The van der Waals surface area contributed by atoms with Gasteiger partial charge in [-0.05, 0) is 42.5 Å². The number of ether oxygens (including phenoxy) is 1. The van der Waals surface area contributed by atoms with Crippen LogP contribution in [-0.4, -0.2) is 22.7 Å². The normalized spacial score (nSPS) is 13.3. The average molecular weight is 498 g/mol. The summed E-state index contributed by atoms with van der Waals surface area (Å²) >= 11 is 12.2. The number of nitrogens with zero attached hydrogens (tertiary/aromatic N) is 2. The summed E-state index contributed by atoms with van der Waals surface area (Å²) in [5.74, 6) is -2.42. The molecule has 9 nitrogen and oxygen atoms in total. The van der Waals surface area contributed by atoms with E-state index in [4.69, 9.17) is 27.9 Å². The van der Waals surface area contributed by atoms with Gasteiger partial charge in [0.05, 0.1) is 21.2 Å². The lowest BCUT2D eigenvalue weighted by Gasteiger charge is -2.16. The van der Waals surface area contributed by atoms with E-state index in [1.807, 2.05) is 0 Å². The summed E-state index contributed by atoms with van der Waals surface area (Å²) < 4.78 is 5.14. The number of rotatable bonds is 6. The van der Waals surface area contributed by atoms with Crippen molar-refractivity contribution in [1.82, 2.24) is 0 Å². The average Bonchev–Trinajstić information content (AvgIpc) is 3.03. The van der Waals surface area contributed by atoms with Crippen molar-refractivity contribution < 1.29 is 24.0 Å². The molecule has 170 valence electrons. The molecule has 1 heterocycles. The molecule has 3 aromatic rings. The number of hydrogen-bond donors (Lipinski definition) is 1. The monoisotopic (exact) mass is 497 g/mol. The molecule has 0 aliphatic carbocycles. The Morgan fingerprint density at radius 3 is 2.24 bits per heavy atom. The van der Waals surface area contributed by atoms with E-state index in [1.54, 1.807) is 18.2 Å². The zero-order chi connectivity index (χ0) is 24.4. The van der Waals surface area contributed by atoms with Gasteiger partial charge in [0.2, 0.25) is 5.75 Å². The van der Waals surface area contributed by atoms with Crippen molar-refractivity contribution >= 4 is 58.0 Å². The van der Waals surface area contributed by atoms with Gasteiger partial charge in [-0.15, -0.1) is 0 Å². The Labute approximate surface area is 202 Å². The molecule has 4 rings (SSSR count). The highest BCUT2D eigenvalue weighted by atomic mass is 35.5. The van der Waals surface area contributed by atoms with Crippen LogP contribution in [0.4, 0.5) is 17.1 Å². The van der Waals surface area contributed by atoms with E-state index in [9.17, 15) is 24.5 Å². The minimum atomic E-state index is -0.810. The quantitative estimate of drug-likeness (QED) is 0.169. The molecule has 1 aliphatic heterocycles. The first kappa shape index (κ1) is 23.0. The van der Waals surface area contributed by atoms with Gasteiger partial charge in [0.1, 0.15) is 10.7 Å². The number of carbonyl (C=O) groups excluding carboxylic acids is 3. The third-order valence-electron chi connectivity index (χ3n) is 4.78. The number of hydrogen-bond acceptors (Lipinski definition) is 7. The second-order valence-corrected chi connectivity index (χ2v) is 7.69. The molecule has 0 fully saturated rings. The van der Waals surface area contributed by atoms with E-state index >= 15 is 0 Å². The molecular weight excluding hydrogens is 485 g/mol. The summed E-state index contributed by atoms with van der Waals surface area (Å²) in [4.78, 5) is 49.1. The first-order chi connectivity index (χ1) is 16.3. The summed E-state index contributed by atoms with van der Waals surface area (Å²) in [5.41, 5.74) is 0.167. The van der Waals surface area contributed by atoms with Gasteiger partial charge in [-0.3, -0.25) is 19.7 Å². The van der Waals surface area contributed by atoms with Crippen molar-refractivity contribution in [1.29, 1.82) is 0 Å². The lowest BCUT2D eigenvalue weighted by molar-refractivity contribution is -0.385. The standard InChI is InChI=1S/C23H13Cl2N3O6/c24-15-5-1-2-6-16(15)27-21(29)19(25)20(22(27)30)26-14-11-9-13(10-12-14)23(31)34-18-8-4-3-7-17(18)28(32)33/h1-12,26H. The van der Waals surface area contributed by atoms with Gasteiger partial charge < -0.3 is 10.1 Å². The number of imide groups is 1. The second kappa shape index (κ2) is 9.34. The predicted octanol–water partition coefficient (Wildman–Crippen LogP) is 4.90. The van der Waals surface area contributed by atoms with Gasteiger partial charge in [0.15, 0.2) is 0 Å². The van der Waals surface area contributed by atoms with E-state index < -0.39 is 22.7 Å². The summed E-state index contributed by atoms with van der Waals surface area (Å²) in [6.45, 7) is 0. The van der Waals surface area contributed by atoms with E-state index in [0.29, 0.717) is 5.69 Å². The fourth-order valence-corrected chi connectivity index (χ4v) is 3.58. The zero-order valence-electron chi connectivity index (χ0n) is 17.0. The number of esters is 1. The fourth-order valence-electron chi connectivity index (χ4n) is 3.15. The predicted molar refractivity (Wildman–Crippen MR) is 125 cm³/mol. The molecule has 0 bridgehead atoms. The van der Waals surface area contributed by atoms with E-state index in [2.05, 4.69) is 5.32 Å². The SMILES string of the molecule is O=C(Oc1ccccc1[N+](=O)[O-])c1ccc(NC2=C(Cl)C(=O)N(c3ccccc3Cl)C2=O)cc1. The minimum Gasteiger partial charge on any atom is -0.416 e.